The molecule has 10 N–H and O–H groups in total. The molecule has 2 aliphatic rings. The number of ether oxygens (including phenoxy) is 1. The van der Waals surface area contributed by atoms with Crippen LogP contribution in [0.15, 0.2) is 4.99 Å². The average molecular weight is 323 g/mol. The van der Waals surface area contributed by atoms with Crippen LogP contribution in [0.1, 0.15) is 0 Å². The van der Waals surface area contributed by atoms with Crippen molar-refractivity contribution in [3.63, 3.8) is 0 Å². The highest BCUT2D eigenvalue weighted by Gasteiger charge is 2.50. The van der Waals surface area contributed by atoms with E-state index in [-0.39, 0.29) is 11.0 Å². The smallest absolute Gasteiger partial charge is 0.226 e. The van der Waals surface area contributed by atoms with Gasteiger partial charge in [0, 0.05) is 0 Å². The van der Waals surface area contributed by atoms with Crippen LogP contribution in [0.2, 0.25) is 0 Å². The molecule has 21 heavy (non-hydrogen) atoms. The van der Waals surface area contributed by atoms with E-state index in [1.807, 2.05) is 0 Å². The standard InChI is InChI=1S/C9H18N5O6P/c10-8-7(21(18)19)3(13-9(11)14(8)12)6-5(17)4(16)2(1-15)20-6/h2,4-6,8-9,15-17H,1,10-12H2,(H,18,19)/t2-,4-,5-,6?,8?,9?/m1/s1. The van der Waals surface area contributed by atoms with E-state index in [2.05, 4.69) is 4.99 Å². The second-order valence-corrected chi connectivity index (χ2v) is 5.76. The highest BCUT2D eigenvalue weighted by molar-refractivity contribution is 7.49. The monoisotopic (exact) mass is 323 g/mol. The Morgan fingerprint density at radius 2 is 1.95 bits per heavy atom. The van der Waals surface area contributed by atoms with Crippen molar-refractivity contribution in [3.8, 4) is 0 Å². The molecular formula is C9H18N5O6P. The first kappa shape index (κ1) is 16.8. The van der Waals surface area contributed by atoms with Crippen molar-refractivity contribution in [2.75, 3.05) is 6.61 Å². The van der Waals surface area contributed by atoms with Crippen molar-refractivity contribution in [1.29, 1.82) is 0 Å². The minimum atomic E-state index is -2.91. The lowest BCUT2D eigenvalue weighted by molar-refractivity contribution is -0.167. The van der Waals surface area contributed by atoms with Crippen molar-refractivity contribution in [2.24, 2.45) is 22.3 Å². The van der Waals surface area contributed by atoms with Gasteiger partial charge in [0.05, 0.1) is 6.61 Å². The Hall–Kier alpha value is -0.560. The van der Waals surface area contributed by atoms with Gasteiger partial charge in [0.25, 0.3) is 0 Å². The molecule has 0 saturated carbocycles. The summed E-state index contributed by atoms with van der Waals surface area (Å²) in [6.45, 7) is -0.538. The van der Waals surface area contributed by atoms with Crippen molar-refractivity contribution in [3.05, 3.63) is 0 Å². The number of aliphatic hydroxyl groups excluding tert-OH is 3. The predicted molar refractivity (Wildman–Crippen MR) is 71.3 cm³/mol. The van der Waals surface area contributed by atoms with Gasteiger partial charge in [-0.05, 0) is 0 Å². The van der Waals surface area contributed by atoms with Gasteiger partial charge in [0.2, 0.25) is 13.3 Å². The van der Waals surface area contributed by atoms with Gasteiger partial charge in [-0.25, -0.2) is 4.99 Å². The van der Waals surface area contributed by atoms with E-state index in [9.17, 15) is 20.0 Å². The van der Waals surface area contributed by atoms with Crippen LogP contribution in [0.5, 0.6) is 0 Å². The quantitative estimate of drug-likeness (QED) is 0.189. The molecule has 2 heterocycles. The van der Waals surface area contributed by atoms with Gasteiger partial charge in [-0.3, -0.25) is 11.6 Å². The molecule has 0 aromatic heterocycles. The van der Waals surface area contributed by atoms with Gasteiger partial charge in [-0.1, -0.05) is 0 Å². The first-order valence-electron chi connectivity index (χ1n) is 6.07. The minimum absolute atomic E-state index is 0.136. The second kappa shape index (κ2) is 6.28. The van der Waals surface area contributed by atoms with Gasteiger partial charge in [0.1, 0.15) is 36.3 Å². The molecule has 0 radical (unpaired) electrons. The Labute approximate surface area is 120 Å². The SMILES string of the molecule is NC1N=C(C2O[C@H](CO)[C@@H](O)[C@H]2O)/C(=[P+](\[O-])O)C(N)N1N. The van der Waals surface area contributed by atoms with E-state index in [0.29, 0.717) is 0 Å². The molecule has 7 atom stereocenters. The summed E-state index contributed by atoms with van der Waals surface area (Å²) in [7, 11) is -2.91. The lowest BCUT2D eigenvalue weighted by Crippen LogP contribution is -2.65. The molecule has 0 aromatic carbocycles. The molecule has 0 bridgehead atoms. The molecule has 4 unspecified atom stereocenters. The Kier molecular flexibility index (Phi) is 5.03. The molecule has 2 aliphatic heterocycles. The molecule has 0 aromatic rings. The number of hydrazine groups is 1. The van der Waals surface area contributed by atoms with Crippen LogP contribution < -0.4 is 22.2 Å². The fourth-order valence-electron chi connectivity index (χ4n) is 2.29. The summed E-state index contributed by atoms with van der Waals surface area (Å²) in [5, 5.41) is 29.4. The van der Waals surface area contributed by atoms with Crippen LogP contribution >= 0.6 is 8.00 Å². The van der Waals surface area contributed by atoms with Crippen LogP contribution in [-0.4, -0.2) is 79.7 Å². The van der Waals surface area contributed by atoms with E-state index in [1.54, 1.807) is 0 Å². The van der Waals surface area contributed by atoms with Crippen LogP contribution in [0.25, 0.3) is 0 Å². The van der Waals surface area contributed by atoms with Crippen LogP contribution in [0, 0.1) is 0 Å². The summed E-state index contributed by atoms with van der Waals surface area (Å²) in [5.41, 5.74) is 11.2. The third-order valence-corrected chi connectivity index (χ3v) is 4.36. The number of rotatable bonds is 2. The normalized spacial score (nSPS) is 43.9. The fourth-order valence-corrected chi connectivity index (χ4v) is 3.03. The third kappa shape index (κ3) is 2.86. The van der Waals surface area contributed by atoms with E-state index in [0.717, 1.165) is 5.01 Å². The maximum Gasteiger partial charge on any atom is 0.226 e. The molecule has 11 nitrogen and oxygen atoms in total. The summed E-state index contributed by atoms with van der Waals surface area (Å²) in [5.74, 6) is 5.55. The Morgan fingerprint density at radius 3 is 2.43 bits per heavy atom. The highest BCUT2D eigenvalue weighted by atomic mass is 31.1. The Morgan fingerprint density at radius 1 is 1.33 bits per heavy atom. The zero-order valence-corrected chi connectivity index (χ0v) is 11.7. The third-order valence-electron chi connectivity index (χ3n) is 3.46. The number of nitrogens with zero attached hydrogens (tertiary/aromatic N) is 2. The van der Waals surface area contributed by atoms with Crippen LogP contribution in [0.4, 0.5) is 0 Å². The zero-order chi connectivity index (χ0) is 15.9. The summed E-state index contributed by atoms with van der Waals surface area (Å²) >= 11 is 0. The molecule has 120 valence electrons. The maximum absolute atomic E-state index is 11.5. The van der Waals surface area contributed by atoms with Gasteiger partial charge >= 0.3 is 0 Å². The van der Waals surface area contributed by atoms with E-state index < -0.39 is 51.5 Å². The number of hydrogen-bond donors (Lipinski definition) is 7. The summed E-state index contributed by atoms with van der Waals surface area (Å²) < 4.78 is 5.28. The first-order valence-corrected chi connectivity index (χ1v) is 7.28. The second-order valence-electron chi connectivity index (χ2n) is 4.74. The lowest BCUT2D eigenvalue weighted by atomic mass is 10.0. The Bertz CT molecular complexity index is 472. The summed E-state index contributed by atoms with van der Waals surface area (Å²) in [6.07, 6.45) is -7.39. The van der Waals surface area contributed by atoms with E-state index in [4.69, 9.17) is 27.2 Å². The van der Waals surface area contributed by atoms with Crippen LogP contribution in [-0.2, 0) is 4.74 Å². The highest BCUT2D eigenvalue weighted by Crippen LogP contribution is 2.27. The van der Waals surface area contributed by atoms with Crippen molar-refractivity contribution < 1.29 is 29.8 Å². The van der Waals surface area contributed by atoms with Crippen LogP contribution in [0.3, 0.4) is 0 Å². The van der Waals surface area contributed by atoms with Crippen molar-refractivity contribution in [1.82, 2.24) is 5.01 Å². The van der Waals surface area contributed by atoms with Crippen molar-refractivity contribution >= 4 is 19.0 Å². The summed E-state index contributed by atoms with van der Waals surface area (Å²) in [4.78, 5) is 24.8. The largest absolute Gasteiger partial charge is 0.603 e. The molecule has 0 amide bonds. The number of aliphatic hydroxyl groups is 3. The van der Waals surface area contributed by atoms with Gasteiger partial charge in [-0.15, -0.1) is 0 Å². The van der Waals surface area contributed by atoms with E-state index >= 15 is 0 Å². The first-order chi connectivity index (χ1) is 9.79. The van der Waals surface area contributed by atoms with Gasteiger partial charge in [0.15, 0.2) is 6.29 Å². The molecule has 2 rings (SSSR count). The van der Waals surface area contributed by atoms with Gasteiger partial charge in [-0.2, -0.15) is 9.90 Å². The van der Waals surface area contributed by atoms with Crippen molar-refractivity contribution in [2.45, 2.75) is 36.9 Å². The molecule has 0 aliphatic carbocycles. The molecule has 0 spiro atoms. The van der Waals surface area contributed by atoms with Gasteiger partial charge < -0.3 is 30.7 Å². The summed E-state index contributed by atoms with van der Waals surface area (Å²) in [6, 6.07) is 0. The minimum Gasteiger partial charge on any atom is -0.603 e. The molecule has 12 heteroatoms. The zero-order valence-electron chi connectivity index (χ0n) is 10.9. The predicted octanol–water partition coefficient (Wildman–Crippen LogP) is -5.54. The fraction of sp³-hybridized carbons (Fsp3) is 0.778. The number of hydrogen-bond acceptors (Lipinski definition) is 11. The molecule has 1 fully saturated rings. The number of nitrogens with two attached hydrogens (primary N) is 3. The lowest BCUT2D eigenvalue weighted by Gasteiger charge is -2.33. The maximum atomic E-state index is 11.5. The molecule has 1 saturated heterocycles. The van der Waals surface area contributed by atoms with E-state index in [1.165, 1.54) is 0 Å². The average Bonchev–Trinajstić information content (AvgIpc) is 2.71. The topological polar surface area (TPSA) is 207 Å². The number of aliphatic imine (C=N–C) groups is 1. The Balaban J connectivity index is 2.41. The molecular weight excluding hydrogens is 305 g/mol.